The fourth-order valence-electron chi connectivity index (χ4n) is 3.59. The number of benzene rings is 2. The number of hydrogen-bond acceptors (Lipinski definition) is 3. The van der Waals surface area contributed by atoms with Crippen molar-refractivity contribution in [1.82, 2.24) is 9.21 Å². The van der Waals surface area contributed by atoms with E-state index in [4.69, 9.17) is 0 Å². The molecular weight excluding hydrogens is 372 g/mol. The molecule has 1 amide bonds. The van der Waals surface area contributed by atoms with Crippen molar-refractivity contribution in [3.63, 3.8) is 0 Å². The van der Waals surface area contributed by atoms with Crippen LogP contribution in [0.3, 0.4) is 0 Å². The Kier molecular flexibility index (Phi) is 6.20. The van der Waals surface area contributed by atoms with Crippen molar-refractivity contribution in [2.45, 2.75) is 44.6 Å². The van der Waals surface area contributed by atoms with Crippen LogP contribution in [-0.4, -0.2) is 43.7 Å². The molecule has 3 rings (SSSR count). The Morgan fingerprint density at radius 3 is 2.25 bits per heavy atom. The summed E-state index contributed by atoms with van der Waals surface area (Å²) in [5.74, 6) is -0.123. The van der Waals surface area contributed by atoms with Crippen LogP contribution in [0.2, 0.25) is 0 Å². The van der Waals surface area contributed by atoms with Crippen molar-refractivity contribution in [2.24, 2.45) is 0 Å². The quantitative estimate of drug-likeness (QED) is 0.768. The summed E-state index contributed by atoms with van der Waals surface area (Å²) in [6.45, 7) is 5.74. The third-order valence-corrected chi connectivity index (χ3v) is 7.22. The van der Waals surface area contributed by atoms with Crippen LogP contribution in [0.25, 0.3) is 0 Å². The number of aryl methyl sites for hydroxylation is 2. The molecule has 150 valence electrons. The van der Waals surface area contributed by atoms with E-state index in [2.05, 4.69) is 6.07 Å². The summed E-state index contributed by atoms with van der Waals surface area (Å²) in [5, 5.41) is 0. The molecule has 0 radical (unpaired) electrons. The molecule has 0 unspecified atom stereocenters. The number of hydrogen-bond donors (Lipinski definition) is 0. The monoisotopic (exact) mass is 400 g/mol. The van der Waals surface area contributed by atoms with Gasteiger partial charge in [0, 0.05) is 32.2 Å². The average Bonchev–Trinajstić information content (AvgIpc) is 2.70. The van der Waals surface area contributed by atoms with Gasteiger partial charge in [0.15, 0.2) is 0 Å². The second-order valence-electron chi connectivity index (χ2n) is 7.58. The van der Waals surface area contributed by atoms with E-state index >= 15 is 0 Å². The van der Waals surface area contributed by atoms with Crippen LogP contribution in [-0.2, 0) is 16.6 Å². The van der Waals surface area contributed by atoms with E-state index in [0.29, 0.717) is 25.2 Å². The molecule has 0 aromatic heterocycles. The first kappa shape index (κ1) is 20.6. The van der Waals surface area contributed by atoms with Crippen molar-refractivity contribution in [3.8, 4) is 0 Å². The molecule has 0 saturated carbocycles. The van der Waals surface area contributed by atoms with Crippen molar-refractivity contribution in [1.29, 1.82) is 0 Å². The van der Waals surface area contributed by atoms with E-state index in [1.807, 2.05) is 26.0 Å². The first-order chi connectivity index (χ1) is 13.3. The molecular formula is C22H28N2O3S. The van der Waals surface area contributed by atoms with E-state index in [1.54, 1.807) is 40.5 Å². The number of amides is 1. The summed E-state index contributed by atoms with van der Waals surface area (Å²) < 4.78 is 27.0. The minimum atomic E-state index is -3.47. The zero-order chi connectivity index (χ0) is 20.3. The van der Waals surface area contributed by atoms with Crippen LogP contribution in [0.5, 0.6) is 0 Å². The van der Waals surface area contributed by atoms with Gasteiger partial charge in [0.2, 0.25) is 10.0 Å². The molecule has 0 atom stereocenters. The Labute approximate surface area is 168 Å². The Hall–Kier alpha value is -2.18. The van der Waals surface area contributed by atoms with Crippen LogP contribution in [0, 0.1) is 13.8 Å². The highest BCUT2D eigenvalue weighted by atomic mass is 32.2. The maximum Gasteiger partial charge on any atom is 0.253 e. The number of rotatable bonds is 5. The van der Waals surface area contributed by atoms with Gasteiger partial charge in [0.25, 0.3) is 5.91 Å². The molecule has 5 nitrogen and oxygen atoms in total. The zero-order valence-electron chi connectivity index (χ0n) is 16.8. The van der Waals surface area contributed by atoms with Crippen molar-refractivity contribution >= 4 is 15.9 Å². The zero-order valence-corrected chi connectivity index (χ0v) is 17.6. The minimum absolute atomic E-state index is 0.123. The van der Waals surface area contributed by atoms with Crippen LogP contribution < -0.4 is 0 Å². The first-order valence-corrected chi connectivity index (χ1v) is 11.1. The smallest absolute Gasteiger partial charge is 0.253 e. The lowest BCUT2D eigenvalue weighted by molar-refractivity contribution is 0.0785. The van der Waals surface area contributed by atoms with Crippen molar-refractivity contribution in [2.75, 3.05) is 20.1 Å². The maximum absolute atomic E-state index is 12.8. The van der Waals surface area contributed by atoms with Crippen LogP contribution in [0.4, 0.5) is 0 Å². The Bertz CT molecular complexity index is 946. The van der Waals surface area contributed by atoms with Gasteiger partial charge in [0.1, 0.15) is 0 Å². The molecule has 1 aliphatic rings. The Morgan fingerprint density at radius 1 is 1.00 bits per heavy atom. The molecule has 1 aliphatic heterocycles. The predicted molar refractivity (Wildman–Crippen MR) is 111 cm³/mol. The topological polar surface area (TPSA) is 57.7 Å². The number of nitrogens with zero attached hydrogens (tertiary/aromatic N) is 2. The summed E-state index contributed by atoms with van der Waals surface area (Å²) in [6, 6.07) is 12.5. The molecule has 0 spiro atoms. The Balaban J connectivity index is 1.72. The standard InChI is InChI=1S/C22H28N2O3S/c1-17-7-8-20(18(2)15-17)16-23(3)22(25)19-9-11-21(12-10-19)28(26,27)24-13-5-4-6-14-24/h7-12,15H,4-6,13-14,16H2,1-3H3. The van der Waals surface area contributed by atoms with Gasteiger partial charge in [-0.05, 0) is 62.1 Å². The second kappa shape index (κ2) is 8.45. The molecule has 1 fully saturated rings. The molecule has 0 bridgehead atoms. The van der Waals surface area contributed by atoms with Crippen molar-refractivity contribution < 1.29 is 13.2 Å². The Morgan fingerprint density at radius 2 is 1.64 bits per heavy atom. The van der Waals surface area contributed by atoms with E-state index in [-0.39, 0.29) is 10.8 Å². The summed E-state index contributed by atoms with van der Waals surface area (Å²) in [4.78, 5) is 14.7. The molecule has 1 heterocycles. The molecule has 1 saturated heterocycles. The summed E-state index contributed by atoms with van der Waals surface area (Å²) >= 11 is 0. The average molecular weight is 401 g/mol. The minimum Gasteiger partial charge on any atom is -0.337 e. The molecule has 2 aromatic rings. The van der Waals surface area contributed by atoms with Crippen LogP contribution in [0.1, 0.15) is 46.3 Å². The third kappa shape index (κ3) is 4.45. The van der Waals surface area contributed by atoms with Gasteiger partial charge in [-0.25, -0.2) is 8.42 Å². The fourth-order valence-corrected chi connectivity index (χ4v) is 5.11. The summed E-state index contributed by atoms with van der Waals surface area (Å²) in [7, 11) is -1.71. The highest BCUT2D eigenvalue weighted by Gasteiger charge is 2.26. The molecule has 0 aliphatic carbocycles. The van der Waals surface area contributed by atoms with E-state index < -0.39 is 10.0 Å². The number of carbonyl (C=O) groups excluding carboxylic acids is 1. The molecule has 2 aromatic carbocycles. The molecule has 28 heavy (non-hydrogen) atoms. The number of sulfonamides is 1. The highest BCUT2D eigenvalue weighted by Crippen LogP contribution is 2.21. The van der Waals surface area contributed by atoms with Gasteiger partial charge < -0.3 is 4.90 Å². The van der Waals surface area contributed by atoms with Crippen LogP contribution in [0.15, 0.2) is 47.4 Å². The highest BCUT2D eigenvalue weighted by molar-refractivity contribution is 7.89. The maximum atomic E-state index is 12.8. The van der Waals surface area contributed by atoms with Crippen LogP contribution >= 0.6 is 0 Å². The van der Waals surface area contributed by atoms with Gasteiger partial charge in [-0.3, -0.25) is 4.79 Å². The third-order valence-electron chi connectivity index (χ3n) is 5.31. The largest absolute Gasteiger partial charge is 0.337 e. The number of piperidine rings is 1. The first-order valence-electron chi connectivity index (χ1n) is 9.71. The lowest BCUT2D eigenvalue weighted by Crippen LogP contribution is -2.35. The van der Waals surface area contributed by atoms with E-state index in [0.717, 1.165) is 30.4 Å². The summed E-state index contributed by atoms with van der Waals surface area (Å²) in [6.07, 6.45) is 2.88. The fraction of sp³-hybridized carbons (Fsp3) is 0.409. The normalized spacial score (nSPS) is 15.4. The van der Waals surface area contributed by atoms with E-state index in [1.165, 1.54) is 5.56 Å². The lowest BCUT2D eigenvalue weighted by Gasteiger charge is -2.26. The van der Waals surface area contributed by atoms with E-state index in [9.17, 15) is 13.2 Å². The SMILES string of the molecule is Cc1ccc(CN(C)C(=O)c2ccc(S(=O)(=O)N3CCCCC3)cc2)c(C)c1. The van der Waals surface area contributed by atoms with Gasteiger partial charge in [-0.2, -0.15) is 4.31 Å². The molecule has 0 N–H and O–H groups in total. The lowest BCUT2D eigenvalue weighted by atomic mass is 10.1. The molecule has 6 heteroatoms. The van der Waals surface area contributed by atoms with Gasteiger partial charge >= 0.3 is 0 Å². The van der Waals surface area contributed by atoms with Gasteiger partial charge in [0.05, 0.1) is 4.90 Å². The predicted octanol–water partition coefficient (Wildman–Crippen LogP) is 3.75. The van der Waals surface area contributed by atoms with Gasteiger partial charge in [-0.1, -0.05) is 30.2 Å². The van der Waals surface area contributed by atoms with Crippen molar-refractivity contribution in [3.05, 3.63) is 64.7 Å². The number of carbonyl (C=O) groups is 1. The summed E-state index contributed by atoms with van der Waals surface area (Å²) in [5.41, 5.74) is 3.94. The second-order valence-corrected chi connectivity index (χ2v) is 9.52. The van der Waals surface area contributed by atoms with Gasteiger partial charge in [-0.15, -0.1) is 0 Å².